The van der Waals surface area contributed by atoms with Gasteiger partial charge >= 0.3 is 0 Å². The van der Waals surface area contributed by atoms with E-state index in [0.29, 0.717) is 11.5 Å². The summed E-state index contributed by atoms with van der Waals surface area (Å²) in [6.45, 7) is 2.58. The number of aliphatic hydroxyl groups is 2. The summed E-state index contributed by atoms with van der Waals surface area (Å²) in [4.78, 5) is 0. The Morgan fingerprint density at radius 1 is 0.575 bits per heavy atom. The van der Waals surface area contributed by atoms with E-state index in [9.17, 15) is 10.2 Å². The first-order valence-corrected chi connectivity index (χ1v) is 14.7. The summed E-state index contributed by atoms with van der Waals surface area (Å²) in [6.07, 6.45) is 0. The summed E-state index contributed by atoms with van der Waals surface area (Å²) in [5.41, 5.74) is 5.09. The SMILES string of the molecule is CC(c1ccc(-c2ccc3ccccc3c2)cc1)(c1ccc(OCCO)c(Br)c1)c1ccc(OCCO)c(Br)c1. The second-order valence-corrected chi connectivity index (χ2v) is 11.4. The van der Waals surface area contributed by atoms with Crippen LogP contribution in [0.15, 0.2) is 112 Å². The van der Waals surface area contributed by atoms with Crippen LogP contribution >= 0.6 is 31.9 Å². The molecule has 4 nitrogen and oxygen atoms in total. The number of fused-ring (bicyclic) bond motifs is 1. The molecular formula is C34H30Br2O4. The average molecular weight is 662 g/mol. The van der Waals surface area contributed by atoms with Gasteiger partial charge in [0.05, 0.1) is 22.2 Å². The standard InChI is InChI=1S/C34H30Br2O4/c1-34(28-12-14-32(30(35)21-28)39-18-16-37,29-13-15-33(31(36)22-29)40-19-17-38)27-10-8-24(9-11-27)26-7-6-23-4-2-3-5-25(23)20-26/h2-15,20-22,37-38H,16-19H2,1H3. The van der Waals surface area contributed by atoms with Gasteiger partial charge in [0.15, 0.2) is 0 Å². The van der Waals surface area contributed by atoms with Crippen LogP contribution < -0.4 is 9.47 Å². The second-order valence-electron chi connectivity index (χ2n) is 9.70. The molecule has 0 fully saturated rings. The number of ether oxygens (including phenoxy) is 2. The van der Waals surface area contributed by atoms with Crippen LogP contribution in [-0.2, 0) is 5.41 Å². The van der Waals surface area contributed by atoms with Crippen molar-refractivity contribution >= 4 is 42.6 Å². The maximum atomic E-state index is 9.19. The van der Waals surface area contributed by atoms with Crippen LogP contribution in [0.4, 0.5) is 0 Å². The van der Waals surface area contributed by atoms with Crippen LogP contribution in [0.5, 0.6) is 11.5 Å². The monoisotopic (exact) mass is 660 g/mol. The van der Waals surface area contributed by atoms with Gasteiger partial charge in [0.1, 0.15) is 24.7 Å². The number of benzene rings is 5. The minimum absolute atomic E-state index is 0.0474. The quantitative estimate of drug-likeness (QED) is 0.148. The number of rotatable bonds is 10. The van der Waals surface area contributed by atoms with Gasteiger partial charge in [-0.1, -0.05) is 72.8 Å². The number of hydrogen-bond acceptors (Lipinski definition) is 4. The maximum Gasteiger partial charge on any atom is 0.133 e. The Bertz CT molecular complexity index is 1560. The van der Waals surface area contributed by atoms with Gasteiger partial charge in [0.2, 0.25) is 0 Å². The van der Waals surface area contributed by atoms with Crippen molar-refractivity contribution in [1.29, 1.82) is 0 Å². The first-order valence-electron chi connectivity index (χ1n) is 13.1. The van der Waals surface area contributed by atoms with E-state index in [0.717, 1.165) is 31.2 Å². The lowest BCUT2D eigenvalue weighted by Crippen LogP contribution is -2.25. The highest BCUT2D eigenvalue weighted by atomic mass is 79.9. The summed E-state index contributed by atoms with van der Waals surface area (Å²) in [5, 5.41) is 20.8. The van der Waals surface area contributed by atoms with Gasteiger partial charge in [0.25, 0.3) is 0 Å². The molecule has 0 heterocycles. The molecule has 5 aromatic carbocycles. The third-order valence-corrected chi connectivity index (χ3v) is 8.50. The van der Waals surface area contributed by atoms with Gasteiger partial charge in [-0.3, -0.25) is 0 Å². The van der Waals surface area contributed by atoms with Crippen LogP contribution in [0, 0.1) is 0 Å². The van der Waals surface area contributed by atoms with Crippen LogP contribution in [0.3, 0.4) is 0 Å². The Balaban J connectivity index is 1.58. The molecule has 0 atom stereocenters. The Labute approximate surface area is 251 Å². The van der Waals surface area contributed by atoms with Crippen molar-refractivity contribution in [3.63, 3.8) is 0 Å². The summed E-state index contributed by atoms with van der Waals surface area (Å²) in [5.74, 6) is 1.36. The molecule has 0 bridgehead atoms. The van der Waals surface area contributed by atoms with Crippen molar-refractivity contribution < 1.29 is 19.7 Å². The molecule has 2 N–H and O–H groups in total. The van der Waals surface area contributed by atoms with E-state index in [1.807, 2.05) is 12.1 Å². The van der Waals surface area contributed by atoms with Crippen molar-refractivity contribution in [2.45, 2.75) is 12.3 Å². The molecule has 5 rings (SSSR count). The maximum absolute atomic E-state index is 9.19. The first-order chi connectivity index (χ1) is 19.4. The minimum atomic E-state index is -0.516. The van der Waals surface area contributed by atoms with Gasteiger partial charge in [-0.15, -0.1) is 0 Å². The van der Waals surface area contributed by atoms with Gasteiger partial charge in [-0.25, -0.2) is 0 Å². The molecule has 0 aliphatic heterocycles. The highest BCUT2D eigenvalue weighted by Crippen LogP contribution is 2.44. The lowest BCUT2D eigenvalue weighted by Gasteiger charge is -2.33. The molecule has 0 aliphatic carbocycles. The van der Waals surface area contributed by atoms with Crippen LogP contribution in [0.1, 0.15) is 23.6 Å². The Kier molecular flexibility index (Phi) is 8.91. The molecule has 0 spiro atoms. The fourth-order valence-corrected chi connectivity index (χ4v) is 6.02. The van der Waals surface area contributed by atoms with Crippen molar-refractivity contribution in [3.8, 4) is 22.6 Å². The molecule has 5 aromatic rings. The largest absolute Gasteiger partial charge is 0.490 e. The van der Waals surface area contributed by atoms with Gasteiger partial charge in [0, 0.05) is 5.41 Å². The lowest BCUT2D eigenvalue weighted by molar-refractivity contribution is 0.200. The summed E-state index contributed by atoms with van der Waals surface area (Å²) in [6, 6.07) is 35.9. The molecule has 0 aliphatic rings. The molecule has 0 unspecified atom stereocenters. The Morgan fingerprint density at radius 3 is 1.60 bits per heavy atom. The third kappa shape index (κ3) is 5.81. The first kappa shape index (κ1) is 28.4. The predicted molar refractivity (Wildman–Crippen MR) is 168 cm³/mol. The van der Waals surface area contributed by atoms with E-state index in [1.54, 1.807) is 0 Å². The van der Waals surface area contributed by atoms with Gasteiger partial charge < -0.3 is 19.7 Å². The summed E-state index contributed by atoms with van der Waals surface area (Å²) >= 11 is 7.34. The molecule has 6 heteroatoms. The number of halogens is 2. The molecule has 204 valence electrons. The highest BCUT2D eigenvalue weighted by Gasteiger charge is 2.32. The summed E-state index contributed by atoms with van der Waals surface area (Å²) in [7, 11) is 0. The zero-order valence-corrected chi connectivity index (χ0v) is 25.3. The molecule has 0 saturated heterocycles. The van der Waals surface area contributed by atoms with E-state index in [4.69, 9.17) is 9.47 Å². The van der Waals surface area contributed by atoms with Crippen LogP contribution in [-0.4, -0.2) is 36.6 Å². The van der Waals surface area contributed by atoms with Gasteiger partial charge in [-0.05, 0) is 108 Å². The zero-order chi connectivity index (χ0) is 28.1. The van der Waals surface area contributed by atoms with E-state index in [1.165, 1.54) is 16.3 Å². The number of aliphatic hydroxyl groups excluding tert-OH is 2. The van der Waals surface area contributed by atoms with Crippen molar-refractivity contribution in [3.05, 3.63) is 129 Å². The predicted octanol–water partition coefficient (Wildman–Crippen LogP) is 8.13. The smallest absolute Gasteiger partial charge is 0.133 e. The Morgan fingerprint density at radius 2 is 1.07 bits per heavy atom. The van der Waals surface area contributed by atoms with E-state index >= 15 is 0 Å². The van der Waals surface area contributed by atoms with Crippen molar-refractivity contribution in [1.82, 2.24) is 0 Å². The number of hydrogen-bond donors (Lipinski definition) is 2. The van der Waals surface area contributed by atoms with Gasteiger partial charge in [-0.2, -0.15) is 0 Å². The van der Waals surface area contributed by atoms with E-state index < -0.39 is 5.41 Å². The molecule has 0 aromatic heterocycles. The molecule has 0 amide bonds. The van der Waals surface area contributed by atoms with Crippen molar-refractivity contribution in [2.75, 3.05) is 26.4 Å². The Hall–Kier alpha value is -3.16. The van der Waals surface area contributed by atoms with E-state index in [-0.39, 0.29) is 26.4 Å². The molecule has 0 saturated carbocycles. The third-order valence-electron chi connectivity index (χ3n) is 7.26. The second kappa shape index (κ2) is 12.6. The van der Waals surface area contributed by atoms with Crippen LogP contribution in [0.25, 0.3) is 21.9 Å². The van der Waals surface area contributed by atoms with E-state index in [2.05, 4.69) is 130 Å². The fourth-order valence-electron chi connectivity index (χ4n) is 5.03. The zero-order valence-electron chi connectivity index (χ0n) is 22.1. The van der Waals surface area contributed by atoms with Crippen molar-refractivity contribution in [2.24, 2.45) is 0 Å². The highest BCUT2D eigenvalue weighted by molar-refractivity contribution is 9.10. The van der Waals surface area contributed by atoms with Crippen LogP contribution in [0.2, 0.25) is 0 Å². The topological polar surface area (TPSA) is 58.9 Å². The average Bonchev–Trinajstić information content (AvgIpc) is 2.99. The summed E-state index contributed by atoms with van der Waals surface area (Å²) < 4.78 is 13.0. The minimum Gasteiger partial charge on any atom is -0.490 e. The fraction of sp³-hybridized carbons (Fsp3) is 0.176. The molecule has 0 radical (unpaired) electrons. The molecular weight excluding hydrogens is 632 g/mol. The normalized spacial score (nSPS) is 11.5. The lowest BCUT2D eigenvalue weighted by atomic mass is 9.71. The molecule has 40 heavy (non-hydrogen) atoms.